The van der Waals surface area contributed by atoms with Gasteiger partial charge in [0.2, 0.25) is 6.29 Å². The third-order valence-electron chi connectivity index (χ3n) is 6.23. The van der Waals surface area contributed by atoms with Gasteiger partial charge in [0.15, 0.2) is 5.13 Å². The minimum Gasteiger partial charge on any atom is -0.345 e. The van der Waals surface area contributed by atoms with E-state index in [0.717, 1.165) is 40.3 Å². The number of carbonyl (C=O) groups is 3. The van der Waals surface area contributed by atoms with Crippen molar-refractivity contribution in [1.82, 2.24) is 24.9 Å². The molecule has 0 saturated heterocycles. The average molecular weight is 501 g/mol. The van der Waals surface area contributed by atoms with Crippen molar-refractivity contribution in [2.45, 2.75) is 65.0 Å². The fraction of sp³-hybridized carbons (Fsp3) is 0.565. The number of nitrogen functional groups attached to an aromatic ring is 1. The summed E-state index contributed by atoms with van der Waals surface area (Å²) >= 11 is 1.37. The molecule has 11 nitrogen and oxygen atoms in total. The summed E-state index contributed by atoms with van der Waals surface area (Å²) in [5.74, 6) is 4.39. The molecule has 35 heavy (non-hydrogen) atoms. The van der Waals surface area contributed by atoms with Crippen LogP contribution in [0.25, 0.3) is 0 Å². The lowest BCUT2D eigenvalue weighted by molar-refractivity contribution is 0.0565. The van der Waals surface area contributed by atoms with Gasteiger partial charge >= 0.3 is 6.03 Å². The number of thiazole rings is 1. The van der Waals surface area contributed by atoms with Gasteiger partial charge in [0, 0.05) is 18.0 Å². The lowest BCUT2D eigenvalue weighted by atomic mass is 10.0. The smallest absolute Gasteiger partial charge is 0.341 e. The van der Waals surface area contributed by atoms with Crippen molar-refractivity contribution < 1.29 is 19.2 Å². The van der Waals surface area contributed by atoms with Crippen molar-refractivity contribution in [3.63, 3.8) is 0 Å². The van der Waals surface area contributed by atoms with Gasteiger partial charge in [-0.15, -0.1) is 11.3 Å². The van der Waals surface area contributed by atoms with E-state index in [0.29, 0.717) is 12.0 Å². The molecule has 2 fully saturated rings. The molecule has 0 unspecified atom stereocenters. The van der Waals surface area contributed by atoms with Crippen LogP contribution in [0.3, 0.4) is 0 Å². The largest absolute Gasteiger partial charge is 0.345 e. The molecule has 1 atom stereocenters. The Labute approximate surface area is 207 Å². The minimum absolute atomic E-state index is 0.0149. The highest BCUT2D eigenvalue weighted by molar-refractivity contribution is 7.14. The minimum atomic E-state index is -1.13. The Balaban J connectivity index is 1.65. The van der Waals surface area contributed by atoms with Crippen LogP contribution in [-0.2, 0) is 4.79 Å². The van der Waals surface area contributed by atoms with Crippen LogP contribution in [0.2, 0.25) is 0 Å². The van der Waals surface area contributed by atoms with E-state index in [9.17, 15) is 19.2 Å². The molecule has 1 radical (unpaired) electrons. The fourth-order valence-electron chi connectivity index (χ4n) is 4.00. The highest BCUT2D eigenvalue weighted by Crippen LogP contribution is 2.39. The van der Waals surface area contributed by atoms with E-state index in [1.807, 2.05) is 25.6 Å². The van der Waals surface area contributed by atoms with E-state index in [-0.39, 0.29) is 29.4 Å². The van der Waals surface area contributed by atoms with Crippen LogP contribution in [0.15, 0.2) is 11.7 Å². The summed E-state index contributed by atoms with van der Waals surface area (Å²) in [7, 11) is 0. The van der Waals surface area contributed by atoms with E-state index in [1.54, 1.807) is 5.38 Å². The molecular formula is C23H30N7O4S. The number of aromatic nitrogens is 3. The summed E-state index contributed by atoms with van der Waals surface area (Å²) in [4.78, 5) is 62.8. The number of imidazole rings is 1. The molecule has 187 valence electrons. The van der Waals surface area contributed by atoms with E-state index >= 15 is 0 Å². The van der Waals surface area contributed by atoms with E-state index in [1.165, 1.54) is 31.1 Å². The SMILES string of the molecule is Cc1c(C(=O)N(C(=O)c2csc(N(CC3CC3)C3CC3)n2)[C@H]([C]=O)CC(C)C)ncn1C(=O)NN. The number of nitrogens with one attached hydrogen (secondary N) is 1. The highest BCUT2D eigenvalue weighted by atomic mass is 32.1. The van der Waals surface area contributed by atoms with Gasteiger partial charge in [-0.1, -0.05) is 13.8 Å². The maximum absolute atomic E-state index is 13.6. The molecule has 2 aliphatic carbocycles. The molecule has 2 aliphatic rings. The number of anilines is 1. The fourth-order valence-corrected chi connectivity index (χ4v) is 4.88. The number of nitrogens with zero attached hydrogens (tertiary/aromatic N) is 5. The Morgan fingerprint density at radius 2 is 1.97 bits per heavy atom. The maximum atomic E-state index is 13.6. The standard InChI is InChI=1S/C23H30N7O4S/c1-13(2)8-17(10-31)30(21(33)19-14(3)29(12-25-19)22(34)27-24)20(32)18-11-35-23(26-18)28(16-6-7-16)9-15-4-5-15/h11-13,15-17H,4-9,24H2,1-3H3,(H,27,34)/t17-/m0/s1. The van der Waals surface area contributed by atoms with Crippen LogP contribution in [0.4, 0.5) is 9.93 Å². The maximum Gasteiger partial charge on any atom is 0.341 e. The van der Waals surface area contributed by atoms with Crippen LogP contribution in [0, 0.1) is 18.8 Å². The van der Waals surface area contributed by atoms with Gasteiger partial charge in [0.1, 0.15) is 23.8 Å². The Morgan fingerprint density at radius 1 is 1.26 bits per heavy atom. The first-order valence-corrected chi connectivity index (χ1v) is 12.7. The predicted octanol–water partition coefficient (Wildman–Crippen LogP) is 2.27. The van der Waals surface area contributed by atoms with Crippen molar-refractivity contribution in [1.29, 1.82) is 0 Å². The van der Waals surface area contributed by atoms with Crippen molar-refractivity contribution in [3.05, 3.63) is 28.8 Å². The number of carbonyl (C=O) groups excluding carboxylic acids is 4. The average Bonchev–Trinajstić information content (AvgIpc) is 3.75. The van der Waals surface area contributed by atoms with Crippen molar-refractivity contribution in [2.24, 2.45) is 17.7 Å². The first kappa shape index (κ1) is 25.0. The normalized spacial score (nSPS) is 16.1. The summed E-state index contributed by atoms with van der Waals surface area (Å²) < 4.78 is 1.06. The summed E-state index contributed by atoms with van der Waals surface area (Å²) in [6.45, 7) is 6.20. The molecule has 2 aromatic rings. The number of amides is 3. The topological polar surface area (TPSA) is 144 Å². The van der Waals surface area contributed by atoms with Crippen molar-refractivity contribution in [2.75, 3.05) is 11.4 Å². The monoisotopic (exact) mass is 500 g/mol. The number of nitrogens with two attached hydrogens (primary N) is 1. The summed E-state index contributed by atoms with van der Waals surface area (Å²) in [6.07, 6.45) is 7.86. The van der Waals surface area contributed by atoms with E-state index in [2.05, 4.69) is 14.9 Å². The van der Waals surface area contributed by atoms with Gasteiger partial charge < -0.3 is 4.90 Å². The molecule has 2 aromatic heterocycles. The van der Waals surface area contributed by atoms with Gasteiger partial charge in [-0.2, -0.15) is 0 Å². The van der Waals surface area contributed by atoms with Crippen LogP contribution in [-0.4, -0.2) is 62.2 Å². The lowest BCUT2D eigenvalue weighted by Gasteiger charge is -2.26. The Bertz CT molecular complexity index is 1120. The second kappa shape index (κ2) is 10.2. The van der Waals surface area contributed by atoms with E-state index in [4.69, 9.17) is 5.84 Å². The number of imide groups is 1. The van der Waals surface area contributed by atoms with Gasteiger partial charge in [-0.3, -0.25) is 29.3 Å². The zero-order valence-electron chi connectivity index (χ0n) is 20.1. The molecule has 2 saturated carbocycles. The zero-order valence-corrected chi connectivity index (χ0v) is 20.9. The van der Waals surface area contributed by atoms with Crippen molar-refractivity contribution in [3.8, 4) is 0 Å². The molecule has 2 heterocycles. The Kier molecular flexibility index (Phi) is 7.31. The van der Waals surface area contributed by atoms with Crippen LogP contribution >= 0.6 is 11.3 Å². The number of hydrazine groups is 1. The Hall–Kier alpha value is -3.12. The molecule has 3 amide bonds. The van der Waals surface area contributed by atoms with Crippen LogP contribution in [0.5, 0.6) is 0 Å². The third-order valence-corrected chi connectivity index (χ3v) is 7.11. The van der Waals surface area contributed by atoms with E-state index < -0.39 is 23.9 Å². The molecule has 0 aromatic carbocycles. The zero-order chi connectivity index (χ0) is 25.3. The second-order valence-electron chi connectivity index (χ2n) is 9.58. The number of hydrogen-bond acceptors (Lipinski definition) is 9. The first-order chi connectivity index (χ1) is 16.7. The first-order valence-electron chi connectivity index (χ1n) is 11.8. The van der Waals surface area contributed by atoms with Crippen LogP contribution in [0.1, 0.15) is 72.6 Å². The molecular weight excluding hydrogens is 470 g/mol. The van der Waals surface area contributed by atoms with Gasteiger partial charge in [0.25, 0.3) is 11.8 Å². The van der Waals surface area contributed by atoms with Crippen molar-refractivity contribution >= 4 is 40.6 Å². The molecule has 0 aliphatic heterocycles. The summed E-state index contributed by atoms with van der Waals surface area (Å²) in [5, 5.41) is 2.39. The highest BCUT2D eigenvalue weighted by Gasteiger charge is 2.38. The van der Waals surface area contributed by atoms with Crippen LogP contribution < -0.4 is 16.2 Å². The molecule has 0 bridgehead atoms. The quantitative estimate of drug-likeness (QED) is 0.219. The van der Waals surface area contributed by atoms with Gasteiger partial charge in [0.05, 0.1) is 5.69 Å². The van der Waals surface area contributed by atoms with Gasteiger partial charge in [-0.05, 0) is 50.9 Å². The van der Waals surface area contributed by atoms with Gasteiger partial charge in [-0.25, -0.2) is 20.6 Å². The molecule has 0 spiro atoms. The molecule has 3 N–H and O–H groups in total. The molecule has 4 rings (SSSR count). The Morgan fingerprint density at radius 3 is 2.54 bits per heavy atom. The predicted molar refractivity (Wildman–Crippen MR) is 130 cm³/mol. The second-order valence-corrected chi connectivity index (χ2v) is 10.4. The molecule has 12 heteroatoms. The summed E-state index contributed by atoms with van der Waals surface area (Å²) in [5.41, 5.74) is 2.13. The lowest BCUT2D eigenvalue weighted by Crippen LogP contribution is -2.47. The number of rotatable bonds is 10. The summed E-state index contributed by atoms with van der Waals surface area (Å²) in [6, 6.07) is -1.37. The number of hydrogen-bond donors (Lipinski definition) is 2. The third kappa shape index (κ3) is 5.43.